The van der Waals surface area contributed by atoms with Gasteiger partial charge in [0.05, 0.1) is 11.8 Å². The van der Waals surface area contributed by atoms with Crippen LogP contribution in [-0.2, 0) is 6.18 Å². The van der Waals surface area contributed by atoms with E-state index in [1.54, 1.807) is 0 Å². The summed E-state index contributed by atoms with van der Waals surface area (Å²) in [5.41, 5.74) is 2.93. The Hall–Kier alpha value is -2.58. The lowest BCUT2D eigenvalue weighted by molar-refractivity contribution is -0.137. The van der Waals surface area contributed by atoms with Gasteiger partial charge in [0.15, 0.2) is 5.11 Å². The van der Waals surface area contributed by atoms with Crippen LogP contribution in [0, 0.1) is 5.41 Å². The lowest BCUT2D eigenvalue weighted by Gasteiger charge is -2.35. The van der Waals surface area contributed by atoms with E-state index < -0.39 is 11.7 Å². The van der Waals surface area contributed by atoms with Crippen molar-refractivity contribution in [2.24, 2.45) is 5.41 Å². The summed E-state index contributed by atoms with van der Waals surface area (Å²) >= 11 is 5.37. The number of nitrogens with one attached hydrogen (secondary N) is 2. The molecule has 0 bridgehead atoms. The molecule has 0 saturated carbocycles. The molecule has 4 rings (SSSR count). The Bertz CT molecular complexity index is 1140. The Morgan fingerprint density at radius 2 is 1.62 bits per heavy atom. The number of nitrogens with zero attached hydrogens (tertiary/aromatic N) is 1. The summed E-state index contributed by atoms with van der Waals surface area (Å²) in [5, 5.41) is 7.44. The Morgan fingerprint density at radius 1 is 1.00 bits per heavy atom. The fourth-order valence-electron chi connectivity index (χ4n) is 4.55. The van der Waals surface area contributed by atoms with Gasteiger partial charge in [0.1, 0.15) is 5.58 Å². The largest absolute Gasteiger partial charge is 0.464 e. The van der Waals surface area contributed by atoms with Gasteiger partial charge in [0.25, 0.3) is 0 Å². The third-order valence-corrected chi connectivity index (χ3v) is 6.26. The zero-order valence-corrected chi connectivity index (χ0v) is 20.4. The van der Waals surface area contributed by atoms with E-state index in [-0.39, 0.29) is 0 Å². The predicted octanol–water partition coefficient (Wildman–Crippen LogP) is 7.49. The summed E-state index contributed by atoms with van der Waals surface area (Å²) in [4.78, 5) is 2.54. The maximum absolute atomic E-state index is 12.8. The first-order chi connectivity index (χ1) is 16.0. The number of rotatable bonds is 4. The number of halogens is 3. The molecule has 3 aromatic rings. The van der Waals surface area contributed by atoms with Crippen molar-refractivity contribution in [1.82, 2.24) is 4.90 Å². The van der Waals surface area contributed by atoms with Crippen molar-refractivity contribution in [2.75, 3.05) is 30.3 Å². The van der Waals surface area contributed by atoms with Gasteiger partial charge in [-0.15, -0.1) is 0 Å². The number of anilines is 2. The van der Waals surface area contributed by atoms with Crippen LogP contribution in [0.2, 0.25) is 0 Å². The zero-order valence-electron chi connectivity index (χ0n) is 19.6. The summed E-state index contributed by atoms with van der Waals surface area (Å²) in [7, 11) is 0. The minimum Gasteiger partial charge on any atom is -0.464 e. The highest BCUT2D eigenvalue weighted by Gasteiger charge is 2.30. The van der Waals surface area contributed by atoms with Crippen LogP contribution in [0.4, 0.5) is 24.5 Å². The third kappa shape index (κ3) is 6.10. The second-order valence-electron chi connectivity index (χ2n) is 10.2. The van der Waals surface area contributed by atoms with E-state index in [0.29, 0.717) is 22.1 Å². The molecule has 1 aliphatic rings. The molecule has 0 aliphatic carbocycles. The molecule has 0 radical (unpaired) electrons. The highest BCUT2D eigenvalue weighted by atomic mass is 32.1. The number of benzene rings is 2. The fourth-order valence-corrected chi connectivity index (χ4v) is 4.79. The predicted molar refractivity (Wildman–Crippen MR) is 135 cm³/mol. The number of alkyl halides is 3. The Balaban J connectivity index is 1.41. The summed E-state index contributed by atoms with van der Waals surface area (Å²) in [6.07, 6.45) is -0.304. The van der Waals surface area contributed by atoms with Gasteiger partial charge in [-0.2, -0.15) is 13.2 Å². The molecule has 1 saturated heterocycles. The first kappa shape index (κ1) is 24.5. The second kappa shape index (κ2) is 9.58. The molecular weight excluding hydrogens is 459 g/mol. The van der Waals surface area contributed by atoms with E-state index in [4.69, 9.17) is 16.6 Å². The van der Waals surface area contributed by atoms with Crippen LogP contribution >= 0.6 is 12.2 Å². The number of piperidine rings is 1. The maximum atomic E-state index is 12.8. The van der Waals surface area contributed by atoms with E-state index in [9.17, 15) is 13.2 Å². The van der Waals surface area contributed by atoms with Crippen LogP contribution in [0.15, 0.2) is 53.1 Å². The number of likely N-dealkylation sites (tertiary alicyclic amines) is 1. The first-order valence-electron chi connectivity index (χ1n) is 11.5. The van der Waals surface area contributed by atoms with Crippen molar-refractivity contribution in [3.05, 3.63) is 59.9 Å². The molecule has 0 amide bonds. The molecule has 8 heteroatoms. The van der Waals surface area contributed by atoms with Crippen LogP contribution in [0.1, 0.15) is 50.7 Å². The summed E-state index contributed by atoms with van der Waals surface area (Å²) < 4.78 is 44.1. The van der Waals surface area contributed by atoms with Crippen molar-refractivity contribution in [2.45, 2.75) is 45.7 Å². The minimum absolute atomic E-state index is 0.294. The van der Waals surface area contributed by atoms with Gasteiger partial charge in [-0.05, 0) is 91.9 Å². The molecule has 0 unspecified atom stereocenters. The van der Waals surface area contributed by atoms with Crippen molar-refractivity contribution in [1.29, 1.82) is 0 Å². The Kier molecular flexibility index (Phi) is 6.92. The van der Waals surface area contributed by atoms with Gasteiger partial charge >= 0.3 is 6.18 Å². The van der Waals surface area contributed by atoms with E-state index in [1.807, 2.05) is 24.5 Å². The quantitative estimate of drug-likeness (QED) is 0.372. The van der Waals surface area contributed by atoms with E-state index in [2.05, 4.69) is 36.3 Å². The standard InChI is InChI=1S/C26H30F3N3OS/c1-25(2,3)16-32-12-10-17(11-13-32)22-15-33-23-9-8-20(14-21(22)23)31-24(34)30-19-6-4-18(5-7-19)26(27,28)29/h4-9,14-15,17H,10-13,16H2,1-3H3,(H2,30,31,34). The first-order valence-corrected chi connectivity index (χ1v) is 11.9. The van der Waals surface area contributed by atoms with Crippen LogP contribution in [0.5, 0.6) is 0 Å². The average molecular weight is 490 g/mol. The summed E-state index contributed by atoms with van der Waals surface area (Å²) in [6.45, 7) is 10.1. The van der Waals surface area contributed by atoms with Gasteiger partial charge in [-0.25, -0.2) is 0 Å². The molecule has 1 fully saturated rings. The number of furan rings is 1. The molecule has 182 valence electrons. The van der Waals surface area contributed by atoms with Crippen LogP contribution in [0.25, 0.3) is 11.0 Å². The number of hydrogen-bond acceptors (Lipinski definition) is 3. The number of thiocarbonyl (C=S) groups is 1. The van der Waals surface area contributed by atoms with Gasteiger partial charge in [-0.3, -0.25) is 0 Å². The molecular formula is C26H30F3N3OS. The maximum Gasteiger partial charge on any atom is 0.416 e. The molecule has 2 heterocycles. The van der Waals surface area contributed by atoms with Gasteiger partial charge in [0.2, 0.25) is 0 Å². The molecule has 1 aliphatic heterocycles. The van der Waals surface area contributed by atoms with Crippen LogP contribution in [-0.4, -0.2) is 29.6 Å². The Labute approximate surface area is 203 Å². The molecule has 2 N–H and O–H groups in total. The average Bonchev–Trinajstić information content (AvgIpc) is 3.16. The lowest BCUT2D eigenvalue weighted by atomic mass is 9.87. The zero-order chi connectivity index (χ0) is 24.5. The van der Waals surface area contributed by atoms with Crippen molar-refractivity contribution in [3.63, 3.8) is 0 Å². The van der Waals surface area contributed by atoms with Crippen LogP contribution < -0.4 is 10.6 Å². The highest BCUT2D eigenvalue weighted by Crippen LogP contribution is 2.36. The van der Waals surface area contributed by atoms with Gasteiger partial charge < -0.3 is 20.0 Å². The lowest BCUT2D eigenvalue weighted by Crippen LogP contribution is -2.38. The molecule has 1 aromatic heterocycles. The van der Waals surface area contributed by atoms with E-state index >= 15 is 0 Å². The normalized spacial score (nSPS) is 16.1. The summed E-state index contributed by atoms with van der Waals surface area (Å²) in [5.74, 6) is 0.449. The third-order valence-electron chi connectivity index (χ3n) is 6.06. The molecule has 34 heavy (non-hydrogen) atoms. The van der Waals surface area contributed by atoms with E-state index in [1.165, 1.54) is 17.7 Å². The molecule has 0 atom stereocenters. The van der Waals surface area contributed by atoms with Gasteiger partial charge in [-0.1, -0.05) is 20.8 Å². The summed E-state index contributed by atoms with van der Waals surface area (Å²) in [6, 6.07) is 10.6. The highest BCUT2D eigenvalue weighted by molar-refractivity contribution is 7.80. The number of hydrogen-bond donors (Lipinski definition) is 2. The molecule has 2 aromatic carbocycles. The minimum atomic E-state index is -4.36. The van der Waals surface area contributed by atoms with Crippen LogP contribution in [0.3, 0.4) is 0 Å². The number of fused-ring (bicyclic) bond motifs is 1. The van der Waals surface area contributed by atoms with Crippen molar-refractivity contribution < 1.29 is 17.6 Å². The fraction of sp³-hybridized carbons (Fsp3) is 0.423. The van der Waals surface area contributed by atoms with E-state index in [0.717, 1.165) is 61.3 Å². The SMILES string of the molecule is CC(C)(C)CN1CCC(c2coc3ccc(NC(=S)Nc4ccc(C(F)(F)F)cc4)cc23)CC1. The second-order valence-corrected chi connectivity index (χ2v) is 10.6. The Morgan fingerprint density at radius 3 is 2.24 bits per heavy atom. The van der Waals surface area contributed by atoms with Crippen molar-refractivity contribution in [3.8, 4) is 0 Å². The smallest absolute Gasteiger partial charge is 0.416 e. The monoisotopic (exact) mass is 489 g/mol. The van der Waals surface area contributed by atoms with Gasteiger partial charge in [0, 0.05) is 28.9 Å². The topological polar surface area (TPSA) is 40.4 Å². The van der Waals surface area contributed by atoms with Crippen molar-refractivity contribution >= 4 is 39.7 Å². The molecule has 0 spiro atoms. The molecule has 4 nitrogen and oxygen atoms in total.